The van der Waals surface area contributed by atoms with Crippen molar-refractivity contribution < 1.29 is 0 Å². The number of aromatic nitrogens is 3. The van der Waals surface area contributed by atoms with Crippen LogP contribution in [0.4, 0.5) is 0 Å². The third-order valence-electron chi connectivity index (χ3n) is 2.73. The Morgan fingerprint density at radius 2 is 2.00 bits per heavy atom. The minimum absolute atomic E-state index is 0.592. The summed E-state index contributed by atoms with van der Waals surface area (Å²) in [6.07, 6.45) is 0. The molecule has 0 spiro atoms. The molecule has 0 fully saturated rings. The van der Waals surface area contributed by atoms with Gasteiger partial charge in [-0.25, -0.2) is 9.50 Å². The molecular weight excluding hydrogens is 278 g/mol. The van der Waals surface area contributed by atoms with Gasteiger partial charge < -0.3 is 0 Å². The summed E-state index contributed by atoms with van der Waals surface area (Å²) in [4.78, 5) is 4.48. The Bertz CT molecular complexity index is 709. The van der Waals surface area contributed by atoms with Crippen molar-refractivity contribution in [2.75, 3.05) is 0 Å². The second kappa shape index (κ2) is 5.23. The summed E-state index contributed by atoms with van der Waals surface area (Å²) in [7, 11) is 0. The Labute approximate surface area is 120 Å². The number of rotatable bonds is 3. The SMILES string of the molecule is Cc1cc(Cl)n2nc(SCc3ccccc3)nc2c1. The Morgan fingerprint density at radius 1 is 1.21 bits per heavy atom. The highest BCUT2D eigenvalue weighted by molar-refractivity contribution is 7.98. The molecule has 0 N–H and O–H groups in total. The molecule has 3 nitrogen and oxygen atoms in total. The fourth-order valence-corrected chi connectivity index (χ4v) is 2.91. The van der Waals surface area contributed by atoms with E-state index in [1.807, 2.05) is 37.3 Å². The van der Waals surface area contributed by atoms with Gasteiger partial charge in [-0.3, -0.25) is 0 Å². The van der Waals surface area contributed by atoms with Crippen LogP contribution in [0.2, 0.25) is 5.15 Å². The first-order valence-corrected chi connectivity index (χ1v) is 7.28. The van der Waals surface area contributed by atoms with Gasteiger partial charge in [-0.2, -0.15) is 0 Å². The number of benzene rings is 1. The van der Waals surface area contributed by atoms with Gasteiger partial charge in [0.05, 0.1) is 0 Å². The number of fused-ring (bicyclic) bond motifs is 1. The zero-order valence-corrected chi connectivity index (χ0v) is 11.9. The average Bonchev–Trinajstić information content (AvgIpc) is 2.81. The highest BCUT2D eigenvalue weighted by Gasteiger charge is 2.07. The monoisotopic (exact) mass is 289 g/mol. The second-order valence-corrected chi connectivity index (χ2v) is 5.62. The molecule has 0 aliphatic carbocycles. The summed E-state index contributed by atoms with van der Waals surface area (Å²) >= 11 is 7.76. The standard InChI is InChI=1S/C14H12ClN3S/c1-10-7-12(15)18-13(8-10)16-14(17-18)19-9-11-5-3-2-4-6-11/h2-8H,9H2,1H3. The van der Waals surface area contributed by atoms with E-state index in [9.17, 15) is 0 Å². The van der Waals surface area contributed by atoms with Crippen molar-refractivity contribution in [1.82, 2.24) is 14.6 Å². The summed E-state index contributed by atoms with van der Waals surface area (Å²) in [5, 5.41) is 5.74. The number of thioether (sulfide) groups is 1. The minimum atomic E-state index is 0.592. The van der Waals surface area contributed by atoms with E-state index in [0.29, 0.717) is 5.15 Å². The van der Waals surface area contributed by atoms with Gasteiger partial charge in [-0.05, 0) is 30.2 Å². The van der Waals surface area contributed by atoms with Crippen LogP contribution in [0.1, 0.15) is 11.1 Å². The van der Waals surface area contributed by atoms with Crippen molar-refractivity contribution >= 4 is 29.0 Å². The van der Waals surface area contributed by atoms with E-state index < -0.39 is 0 Å². The number of aryl methyl sites for hydroxylation is 1. The predicted molar refractivity (Wildman–Crippen MR) is 78.7 cm³/mol. The van der Waals surface area contributed by atoms with Crippen molar-refractivity contribution in [2.45, 2.75) is 17.8 Å². The van der Waals surface area contributed by atoms with Crippen molar-refractivity contribution in [3.63, 3.8) is 0 Å². The van der Waals surface area contributed by atoms with Crippen LogP contribution in [0.25, 0.3) is 5.65 Å². The molecular formula is C14H12ClN3S. The van der Waals surface area contributed by atoms with Gasteiger partial charge >= 0.3 is 0 Å². The summed E-state index contributed by atoms with van der Waals surface area (Å²) < 4.78 is 1.67. The Kier molecular flexibility index (Phi) is 3.44. The fraction of sp³-hybridized carbons (Fsp3) is 0.143. The van der Waals surface area contributed by atoms with Gasteiger partial charge in [0.25, 0.3) is 0 Å². The zero-order chi connectivity index (χ0) is 13.2. The third kappa shape index (κ3) is 2.74. The molecule has 3 aromatic rings. The molecule has 0 amide bonds. The van der Waals surface area contributed by atoms with Crippen LogP contribution < -0.4 is 0 Å². The van der Waals surface area contributed by atoms with Gasteiger partial charge in [0, 0.05) is 5.75 Å². The summed E-state index contributed by atoms with van der Waals surface area (Å²) in [6.45, 7) is 2.00. The van der Waals surface area contributed by atoms with Crippen LogP contribution >= 0.6 is 23.4 Å². The molecule has 3 rings (SSSR count). The molecule has 1 aromatic carbocycles. The average molecular weight is 290 g/mol. The first-order valence-electron chi connectivity index (χ1n) is 5.92. The lowest BCUT2D eigenvalue weighted by atomic mass is 10.2. The lowest BCUT2D eigenvalue weighted by Gasteiger charge is -1.97. The number of hydrogen-bond acceptors (Lipinski definition) is 3. The predicted octanol–water partition coefficient (Wildman–Crippen LogP) is 3.98. The first kappa shape index (κ1) is 12.5. The number of pyridine rings is 1. The van der Waals surface area contributed by atoms with Crippen LogP contribution in [0.3, 0.4) is 0 Å². The van der Waals surface area contributed by atoms with E-state index in [1.54, 1.807) is 16.3 Å². The fourth-order valence-electron chi connectivity index (χ4n) is 1.83. The van der Waals surface area contributed by atoms with E-state index in [0.717, 1.165) is 22.1 Å². The van der Waals surface area contributed by atoms with E-state index in [4.69, 9.17) is 11.6 Å². The van der Waals surface area contributed by atoms with Crippen molar-refractivity contribution in [3.05, 3.63) is 58.7 Å². The Balaban J connectivity index is 1.84. The lowest BCUT2D eigenvalue weighted by Crippen LogP contribution is -1.90. The summed E-state index contributed by atoms with van der Waals surface area (Å²) in [6, 6.07) is 14.1. The Hall–Kier alpha value is -1.52. The van der Waals surface area contributed by atoms with Crippen LogP contribution in [0, 0.1) is 6.92 Å². The quantitative estimate of drug-likeness (QED) is 0.539. The van der Waals surface area contributed by atoms with E-state index >= 15 is 0 Å². The van der Waals surface area contributed by atoms with Crippen LogP contribution in [-0.2, 0) is 5.75 Å². The summed E-state index contributed by atoms with van der Waals surface area (Å²) in [5.74, 6) is 0.855. The van der Waals surface area contributed by atoms with E-state index in [2.05, 4.69) is 22.2 Å². The van der Waals surface area contributed by atoms with Gasteiger partial charge in [0.15, 0.2) is 5.65 Å². The Morgan fingerprint density at radius 3 is 2.79 bits per heavy atom. The van der Waals surface area contributed by atoms with E-state index in [-0.39, 0.29) is 0 Å². The smallest absolute Gasteiger partial charge is 0.202 e. The largest absolute Gasteiger partial charge is 0.209 e. The molecule has 5 heteroatoms. The highest BCUT2D eigenvalue weighted by Crippen LogP contribution is 2.22. The molecule has 0 saturated heterocycles. The minimum Gasteiger partial charge on any atom is -0.202 e. The number of nitrogens with zero attached hydrogens (tertiary/aromatic N) is 3. The zero-order valence-electron chi connectivity index (χ0n) is 10.4. The molecule has 0 unspecified atom stereocenters. The molecule has 0 radical (unpaired) electrons. The van der Waals surface area contributed by atoms with Crippen molar-refractivity contribution in [2.24, 2.45) is 0 Å². The van der Waals surface area contributed by atoms with Gasteiger partial charge in [0.2, 0.25) is 5.16 Å². The molecule has 0 aliphatic rings. The van der Waals surface area contributed by atoms with E-state index in [1.165, 1.54) is 5.56 Å². The molecule has 96 valence electrons. The van der Waals surface area contributed by atoms with Gasteiger partial charge in [-0.15, -0.1) is 5.10 Å². The molecule has 2 aromatic heterocycles. The molecule has 0 atom stereocenters. The lowest BCUT2D eigenvalue weighted by molar-refractivity contribution is 0.886. The molecule has 0 aliphatic heterocycles. The third-order valence-corrected chi connectivity index (χ3v) is 3.91. The van der Waals surface area contributed by atoms with Crippen molar-refractivity contribution in [3.8, 4) is 0 Å². The van der Waals surface area contributed by atoms with Crippen LogP contribution in [0.5, 0.6) is 0 Å². The summed E-state index contributed by atoms with van der Waals surface area (Å²) in [5.41, 5.74) is 3.14. The molecule has 19 heavy (non-hydrogen) atoms. The normalized spacial score (nSPS) is 11.1. The molecule has 0 saturated carbocycles. The van der Waals surface area contributed by atoms with Crippen LogP contribution in [-0.4, -0.2) is 14.6 Å². The maximum Gasteiger partial charge on any atom is 0.209 e. The van der Waals surface area contributed by atoms with Crippen molar-refractivity contribution in [1.29, 1.82) is 0 Å². The molecule has 2 heterocycles. The maximum atomic E-state index is 6.14. The van der Waals surface area contributed by atoms with Gasteiger partial charge in [0.1, 0.15) is 5.15 Å². The number of hydrogen-bond donors (Lipinski definition) is 0. The maximum absolute atomic E-state index is 6.14. The number of halogens is 1. The highest BCUT2D eigenvalue weighted by atomic mass is 35.5. The topological polar surface area (TPSA) is 30.2 Å². The van der Waals surface area contributed by atoms with Gasteiger partial charge in [-0.1, -0.05) is 53.7 Å². The van der Waals surface area contributed by atoms with Crippen LogP contribution in [0.15, 0.2) is 47.6 Å². The second-order valence-electron chi connectivity index (χ2n) is 4.29. The molecule has 0 bridgehead atoms. The first-order chi connectivity index (χ1) is 9.22.